The quantitative estimate of drug-likeness (QED) is 0.334. The van der Waals surface area contributed by atoms with Gasteiger partial charge in [-0.1, -0.05) is 69.7 Å². The van der Waals surface area contributed by atoms with Gasteiger partial charge in [-0.2, -0.15) is 0 Å². The minimum Gasteiger partial charge on any atom is -0.504 e. The second kappa shape index (κ2) is 11.0. The first kappa shape index (κ1) is 32.6. The molecule has 8 nitrogen and oxygen atoms in total. The van der Waals surface area contributed by atoms with Crippen molar-refractivity contribution in [2.45, 2.75) is 99.6 Å². The Morgan fingerprint density at radius 3 is 2.48 bits per heavy atom. The minimum atomic E-state index is -0.475. The van der Waals surface area contributed by atoms with E-state index in [9.17, 15) is 14.7 Å². The van der Waals surface area contributed by atoms with Gasteiger partial charge in [0.1, 0.15) is 11.4 Å². The highest BCUT2D eigenvalue weighted by Gasteiger charge is 2.67. The van der Waals surface area contributed by atoms with Gasteiger partial charge < -0.3 is 15.2 Å². The Kier molecular flexibility index (Phi) is 7.50. The Morgan fingerprint density at radius 2 is 1.75 bits per heavy atom. The maximum Gasteiger partial charge on any atom is 0.226 e. The molecule has 8 heteroatoms. The summed E-state index contributed by atoms with van der Waals surface area (Å²) in [6.45, 7) is 14.7. The topological polar surface area (TPSA) is 106 Å². The van der Waals surface area contributed by atoms with Gasteiger partial charge in [-0.15, -0.1) is 5.10 Å². The van der Waals surface area contributed by atoms with Gasteiger partial charge in [0, 0.05) is 16.4 Å². The third kappa shape index (κ3) is 4.76. The van der Waals surface area contributed by atoms with Crippen molar-refractivity contribution in [3.63, 3.8) is 0 Å². The van der Waals surface area contributed by atoms with Crippen molar-refractivity contribution >= 4 is 11.7 Å². The molecule has 0 unspecified atom stereocenters. The third-order valence-corrected chi connectivity index (χ3v) is 13.9. The minimum absolute atomic E-state index is 0.00490. The fourth-order valence-corrected chi connectivity index (χ4v) is 10.5. The number of carbonyl (C=O) groups is 2. The highest BCUT2D eigenvalue weighted by Crippen LogP contribution is 2.75. The van der Waals surface area contributed by atoms with Gasteiger partial charge in [0.05, 0.1) is 26.4 Å². The van der Waals surface area contributed by atoms with E-state index in [1.807, 2.05) is 37.4 Å². The van der Waals surface area contributed by atoms with Crippen LogP contribution in [0.1, 0.15) is 97.7 Å². The number of fused-ring (bicyclic) bond motifs is 7. The Morgan fingerprint density at radius 1 is 1.02 bits per heavy atom. The lowest BCUT2D eigenvalue weighted by molar-refractivity contribution is -0.169. The largest absolute Gasteiger partial charge is 0.504 e. The molecule has 0 radical (unpaired) electrons. The molecule has 3 fully saturated rings. The zero-order valence-corrected chi connectivity index (χ0v) is 29.6. The molecular weight excluding hydrogens is 600 g/mol. The number of rotatable bonds is 6. The summed E-state index contributed by atoms with van der Waals surface area (Å²) in [6, 6.07) is 7.90. The molecule has 1 heterocycles. The Bertz CT molecular complexity index is 1820. The molecule has 2 N–H and O–H groups in total. The monoisotopic (exact) mass is 650 g/mol. The van der Waals surface area contributed by atoms with Gasteiger partial charge in [-0.25, -0.2) is 4.68 Å². The first-order chi connectivity index (χ1) is 22.7. The molecule has 1 amide bonds. The first-order valence-electron chi connectivity index (χ1n) is 17.6. The predicted octanol–water partition coefficient (Wildman–Crippen LogP) is 7.58. The number of ketones is 1. The first-order valence-corrected chi connectivity index (χ1v) is 17.6. The molecule has 0 spiro atoms. The summed E-state index contributed by atoms with van der Waals surface area (Å²) in [7, 11) is 1.66. The van der Waals surface area contributed by atoms with E-state index in [0.29, 0.717) is 24.6 Å². The van der Waals surface area contributed by atoms with Crippen LogP contribution in [-0.4, -0.2) is 38.9 Å². The summed E-state index contributed by atoms with van der Waals surface area (Å²) in [5.74, 6) is 0.872. The molecule has 5 aliphatic rings. The summed E-state index contributed by atoms with van der Waals surface area (Å²) in [4.78, 5) is 26.9. The summed E-state index contributed by atoms with van der Waals surface area (Å²) in [6.07, 6.45) is 15.0. The van der Waals surface area contributed by atoms with Crippen molar-refractivity contribution in [2.24, 2.45) is 33.0 Å². The Labute approximate surface area is 284 Å². The van der Waals surface area contributed by atoms with Crippen molar-refractivity contribution in [1.29, 1.82) is 0 Å². The van der Waals surface area contributed by atoms with Crippen LogP contribution < -0.4 is 10.1 Å². The molecule has 0 bridgehead atoms. The third-order valence-electron chi connectivity index (χ3n) is 13.9. The molecule has 48 heavy (non-hydrogen) atoms. The van der Waals surface area contributed by atoms with Crippen LogP contribution in [0.3, 0.4) is 0 Å². The highest BCUT2D eigenvalue weighted by molar-refractivity contribution is 6.06. The smallest absolute Gasteiger partial charge is 0.226 e. The van der Waals surface area contributed by atoms with E-state index in [2.05, 4.69) is 62.4 Å². The fourth-order valence-electron chi connectivity index (χ4n) is 10.5. The Hall–Kier alpha value is -3.94. The number of nitrogens with one attached hydrogen (secondary N) is 1. The standard InChI is InChI=1S/C40H50N4O4/c1-25-29-12-13-32-38(4,30(29)20-31(45)34(25)46)17-19-40(6)33-21-37(3,15-14-36(33,2)16-18-39(32,40)5)35(47)41-22-27-24-44(43-42-27)23-26-8-10-28(48-7)11-9-26/h8-13,20,24,33,46H,14-19,21-23H2,1-7H3,(H,41,47)/t33-,36-,37-,38+,39-,40+/m1/s1. The molecule has 7 rings (SSSR count). The van der Waals surface area contributed by atoms with E-state index < -0.39 is 5.41 Å². The van der Waals surface area contributed by atoms with Gasteiger partial charge in [0.25, 0.3) is 0 Å². The van der Waals surface area contributed by atoms with E-state index in [-0.39, 0.29) is 39.1 Å². The number of aliphatic hydroxyl groups excluding tert-OH is 1. The number of nitrogens with zero attached hydrogens (tertiary/aromatic N) is 3. The molecule has 1 aromatic carbocycles. The van der Waals surface area contributed by atoms with Crippen LogP contribution in [0.15, 0.2) is 76.7 Å². The van der Waals surface area contributed by atoms with Gasteiger partial charge in [0.15, 0.2) is 5.76 Å². The lowest BCUT2D eigenvalue weighted by Crippen LogP contribution is -2.62. The predicted molar refractivity (Wildman–Crippen MR) is 185 cm³/mol. The van der Waals surface area contributed by atoms with E-state index in [0.717, 1.165) is 73.1 Å². The van der Waals surface area contributed by atoms with Crippen molar-refractivity contribution in [1.82, 2.24) is 20.3 Å². The zero-order chi connectivity index (χ0) is 34.3. The molecule has 5 aliphatic carbocycles. The molecule has 0 saturated heterocycles. The summed E-state index contributed by atoms with van der Waals surface area (Å²) >= 11 is 0. The van der Waals surface area contributed by atoms with E-state index >= 15 is 0 Å². The summed E-state index contributed by atoms with van der Waals surface area (Å²) in [5.41, 5.74) is 5.35. The second-order valence-electron chi connectivity index (χ2n) is 16.5. The van der Waals surface area contributed by atoms with Crippen LogP contribution in [0, 0.1) is 33.0 Å². The SMILES string of the molecule is COc1ccc(Cn2cc(CNC(=O)[C@]3(C)CC[C@]4(C)CC[C@]5(C)C6=CC=C7C(=CC(=O)C(O)=C7C)[C@]6(C)CC[C@@]5(C)[C@@H]4C3)nn2)cc1. The molecule has 6 atom stereocenters. The van der Waals surface area contributed by atoms with Crippen LogP contribution >= 0.6 is 0 Å². The Balaban J connectivity index is 1.10. The maximum atomic E-state index is 14.0. The zero-order valence-electron chi connectivity index (χ0n) is 29.6. The number of ether oxygens (including phenoxy) is 1. The number of allylic oxidation sites excluding steroid dienone is 7. The molecule has 2 aromatic rings. The summed E-state index contributed by atoms with van der Waals surface area (Å²) in [5, 5.41) is 22.3. The van der Waals surface area contributed by atoms with Crippen molar-refractivity contribution < 1.29 is 19.4 Å². The van der Waals surface area contributed by atoms with Crippen LogP contribution in [0.2, 0.25) is 0 Å². The number of benzene rings is 1. The van der Waals surface area contributed by atoms with Crippen molar-refractivity contribution in [3.05, 3.63) is 88.0 Å². The normalized spacial score (nSPS) is 35.7. The average molecular weight is 651 g/mol. The molecule has 254 valence electrons. The van der Waals surface area contributed by atoms with Crippen molar-refractivity contribution in [3.8, 4) is 5.75 Å². The van der Waals surface area contributed by atoms with Crippen LogP contribution in [-0.2, 0) is 22.7 Å². The number of amides is 1. The number of aliphatic hydroxyl groups is 1. The van der Waals surface area contributed by atoms with E-state index in [1.54, 1.807) is 17.9 Å². The van der Waals surface area contributed by atoms with Crippen LogP contribution in [0.25, 0.3) is 0 Å². The lowest BCUT2D eigenvalue weighted by Gasteiger charge is -2.70. The number of carbonyl (C=O) groups excluding carboxylic acids is 2. The lowest BCUT2D eigenvalue weighted by atomic mass is 9.34. The molecule has 1 aromatic heterocycles. The van der Waals surface area contributed by atoms with Gasteiger partial charge in [-0.05, 0) is 109 Å². The van der Waals surface area contributed by atoms with Crippen molar-refractivity contribution in [2.75, 3.05) is 7.11 Å². The van der Waals surface area contributed by atoms with E-state index in [4.69, 9.17) is 4.74 Å². The van der Waals surface area contributed by atoms with E-state index in [1.165, 1.54) is 5.57 Å². The second-order valence-corrected chi connectivity index (χ2v) is 16.5. The number of hydrogen-bond donors (Lipinski definition) is 2. The number of hydrogen-bond acceptors (Lipinski definition) is 6. The highest BCUT2D eigenvalue weighted by atomic mass is 16.5. The van der Waals surface area contributed by atoms with Crippen LogP contribution in [0.4, 0.5) is 0 Å². The van der Waals surface area contributed by atoms with Crippen LogP contribution in [0.5, 0.6) is 5.75 Å². The maximum absolute atomic E-state index is 14.0. The fraction of sp³-hybridized carbons (Fsp3) is 0.550. The molecular formula is C40H50N4O4. The molecule has 3 saturated carbocycles. The van der Waals surface area contributed by atoms with Gasteiger partial charge in [0.2, 0.25) is 11.7 Å². The number of aromatic nitrogens is 3. The molecule has 0 aliphatic heterocycles. The number of methoxy groups -OCH3 is 1. The van der Waals surface area contributed by atoms with Gasteiger partial charge >= 0.3 is 0 Å². The summed E-state index contributed by atoms with van der Waals surface area (Å²) < 4.78 is 7.06. The average Bonchev–Trinajstić information content (AvgIpc) is 3.52. The van der Waals surface area contributed by atoms with Gasteiger partial charge in [-0.3, -0.25) is 9.59 Å².